The van der Waals surface area contributed by atoms with Crippen molar-refractivity contribution in [2.75, 3.05) is 12.3 Å². The van der Waals surface area contributed by atoms with Crippen LogP contribution in [0.3, 0.4) is 0 Å². The van der Waals surface area contributed by atoms with Gasteiger partial charge < -0.3 is 26.2 Å². The van der Waals surface area contributed by atoms with Crippen LogP contribution in [0.25, 0.3) is 11.2 Å². The molecular formula is C9H16ClN6O4P. The average molecular weight is 339 g/mol. The molecule has 0 radical (unpaired) electrons. The van der Waals surface area contributed by atoms with Gasteiger partial charge in [0.15, 0.2) is 11.5 Å². The van der Waals surface area contributed by atoms with Crippen LogP contribution in [0.4, 0.5) is 5.82 Å². The van der Waals surface area contributed by atoms with Gasteiger partial charge in [0.05, 0.1) is 12.9 Å². The first-order valence-electron chi connectivity index (χ1n) is 5.71. The van der Waals surface area contributed by atoms with Gasteiger partial charge in [-0.15, -0.1) is 0 Å². The van der Waals surface area contributed by atoms with Crippen molar-refractivity contribution < 1.29 is 18.9 Å². The van der Waals surface area contributed by atoms with E-state index >= 15 is 0 Å². The van der Waals surface area contributed by atoms with Gasteiger partial charge in [-0.2, -0.15) is 9.97 Å². The third-order valence-corrected chi connectivity index (χ3v) is 3.20. The van der Waals surface area contributed by atoms with E-state index in [1.165, 1.54) is 0 Å². The fourth-order valence-corrected chi connectivity index (χ4v) is 2.21. The van der Waals surface area contributed by atoms with E-state index in [1.807, 2.05) is 0 Å². The minimum Gasteiger partial charge on any atom is -0.382 e. The van der Waals surface area contributed by atoms with Gasteiger partial charge in [0.25, 0.3) is 0 Å². The Morgan fingerprint density at radius 2 is 2.10 bits per heavy atom. The number of nitrogens with two attached hydrogens (primary N) is 1. The van der Waals surface area contributed by atoms with E-state index in [-0.39, 0.29) is 23.9 Å². The summed E-state index contributed by atoms with van der Waals surface area (Å²) in [6, 6.07) is 0. The van der Waals surface area contributed by atoms with Gasteiger partial charge in [-0.1, -0.05) is 0 Å². The predicted octanol–water partition coefficient (Wildman–Crippen LogP) is 1.11. The van der Waals surface area contributed by atoms with E-state index in [0.29, 0.717) is 30.6 Å². The van der Waals surface area contributed by atoms with Crippen molar-refractivity contribution in [3.8, 4) is 0 Å². The summed E-state index contributed by atoms with van der Waals surface area (Å²) in [5.41, 5.74) is 6.68. The van der Waals surface area contributed by atoms with E-state index in [2.05, 4.69) is 19.5 Å². The molecule has 2 rings (SSSR count). The third kappa shape index (κ3) is 4.88. The lowest BCUT2D eigenvalue weighted by atomic mass is 10.3. The van der Waals surface area contributed by atoms with Crippen LogP contribution in [0.1, 0.15) is 12.8 Å². The topological polar surface area (TPSA) is 171 Å². The normalized spacial score (nSPS) is 11.6. The second kappa shape index (κ2) is 7.12. The van der Waals surface area contributed by atoms with Crippen LogP contribution < -0.4 is 11.9 Å². The molecule has 7 N–H and O–H groups in total. The molecule has 12 heteroatoms. The number of phosphoric ester groups is 1. The Morgan fingerprint density at radius 1 is 1.38 bits per heavy atom. The molecule has 0 spiro atoms. The van der Waals surface area contributed by atoms with E-state index in [1.54, 1.807) is 10.9 Å². The van der Waals surface area contributed by atoms with Crippen molar-refractivity contribution in [1.82, 2.24) is 25.7 Å². The molecule has 0 aliphatic rings. The number of unbranched alkanes of at least 4 members (excludes halogenated alkanes) is 1. The maximum atomic E-state index is 10.5. The maximum absolute atomic E-state index is 10.5. The van der Waals surface area contributed by atoms with Crippen molar-refractivity contribution in [3.63, 3.8) is 0 Å². The number of hydrogen-bond donors (Lipinski definition) is 4. The standard InChI is InChI=1S/C9H13ClN5O4P.H3N/c10-9-13-7(11)6-8(14-9)15(5-12-6)3-1-2-4-19-20(16,17)18;/h5H,1-4H2,(H2,11,13,14)(H2,16,17,18);1H3. The highest BCUT2D eigenvalue weighted by molar-refractivity contribution is 7.46. The molecule has 0 saturated carbocycles. The predicted molar refractivity (Wildman–Crippen MR) is 77.0 cm³/mol. The fraction of sp³-hybridized carbons (Fsp3) is 0.444. The number of aryl methyl sites for hydroxylation is 1. The number of halogens is 1. The Balaban J connectivity index is 0.00000220. The highest BCUT2D eigenvalue weighted by Crippen LogP contribution is 2.35. The molecule has 0 saturated heterocycles. The van der Waals surface area contributed by atoms with Crippen LogP contribution >= 0.6 is 19.4 Å². The van der Waals surface area contributed by atoms with Crippen LogP contribution in [0.15, 0.2) is 6.33 Å². The number of rotatable bonds is 6. The van der Waals surface area contributed by atoms with Crippen LogP contribution in [-0.2, 0) is 15.6 Å². The molecule has 2 aromatic heterocycles. The lowest BCUT2D eigenvalue weighted by molar-refractivity contribution is 0.193. The second-order valence-corrected chi connectivity index (χ2v) is 5.60. The minimum absolute atomic E-state index is 0. The lowest BCUT2D eigenvalue weighted by Crippen LogP contribution is -2.02. The molecule has 118 valence electrons. The number of imidazole rings is 1. The van der Waals surface area contributed by atoms with Gasteiger partial charge in [0.2, 0.25) is 5.28 Å². The number of nitrogens with zero attached hydrogens (tertiary/aromatic N) is 4. The first-order chi connectivity index (χ1) is 9.37. The number of anilines is 1. The lowest BCUT2D eigenvalue weighted by Gasteiger charge is -2.06. The number of hydrogen-bond acceptors (Lipinski definition) is 7. The van der Waals surface area contributed by atoms with Crippen molar-refractivity contribution in [2.24, 2.45) is 0 Å². The summed E-state index contributed by atoms with van der Waals surface area (Å²) in [5.74, 6) is 0.212. The highest BCUT2D eigenvalue weighted by Gasteiger charge is 2.13. The molecule has 0 aromatic carbocycles. The SMILES string of the molecule is N.Nc1nc(Cl)nc2c1ncn2CCCCOP(=O)(O)O. The molecule has 10 nitrogen and oxygen atoms in total. The maximum Gasteiger partial charge on any atom is 0.469 e. The summed E-state index contributed by atoms with van der Waals surface area (Å²) in [4.78, 5) is 29.0. The van der Waals surface area contributed by atoms with Crippen molar-refractivity contribution >= 4 is 36.4 Å². The number of nitrogen functional groups attached to an aromatic ring is 1. The summed E-state index contributed by atoms with van der Waals surface area (Å²) in [6.07, 6.45) is 2.68. The largest absolute Gasteiger partial charge is 0.469 e. The molecule has 0 atom stereocenters. The third-order valence-electron chi connectivity index (χ3n) is 2.52. The quantitative estimate of drug-likeness (QED) is 0.342. The zero-order valence-electron chi connectivity index (χ0n) is 11.0. The summed E-state index contributed by atoms with van der Waals surface area (Å²) < 4.78 is 16.6. The molecule has 2 aromatic rings. The Hall–Kier alpha value is -1.29. The van der Waals surface area contributed by atoms with Gasteiger partial charge in [0, 0.05) is 6.54 Å². The van der Waals surface area contributed by atoms with Crippen molar-refractivity contribution in [1.29, 1.82) is 0 Å². The van der Waals surface area contributed by atoms with Gasteiger partial charge in [-0.05, 0) is 24.4 Å². The van der Waals surface area contributed by atoms with Crippen LogP contribution in [-0.4, -0.2) is 35.9 Å². The van der Waals surface area contributed by atoms with Gasteiger partial charge in [0.1, 0.15) is 5.52 Å². The van der Waals surface area contributed by atoms with E-state index in [4.69, 9.17) is 27.1 Å². The molecule has 21 heavy (non-hydrogen) atoms. The second-order valence-electron chi connectivity index (χ2n) is 4.02. The Morgan fingerprint density at radius 3 is 2.76 bits per heavy atom. The summed E-state index contributed by atoms with van der Waals surface area (Å²) in [7, 11) is -4.39. The van der Waals surface area contributed by atoms with Crippen molar-refractivity contribution in [3.05, 3.63) is 11.6 Å². The van der Waals surface area contributed by atoms with Gasteiger partial charge in [-0.3, -0.25) is 4.52 Å². The fourth-order valence-electron chi connectivity index (χ4n) is 1.67. The number of phosphoric acid groups is 1. The van der Waals surface area contributed by atoms with Gasteiger partial charge >= 0.3 is 7.82 Å². The first kappa shape index (κ1) is 17.8. The minimum atomic E-state index is -4.39. The smallest absolute Gasteiger partial charge is 0.382 e. The van der Waals surface area contributed by atoms with Crippen LogP contribution in [0, 0.1) is 0 Å². The zero-order chi connectivity index (χ0) is 14.8. The zero-order valence-corrected chi connectivity index (χ0v) is 12.7. The highest BCUT2D eigenvalue weighted by atomic mass is 35.5. The summed E-state index contributed by atoms with van der Waals surface area (Å²) >= 11 is 5.74. The molecule has 0 fully saturated rings. The van der Waals surface area contributed by atoms with E-state index in [0.717, 1.165) is 0 Å². The molecular weight excluding hydrogens is 323 g/mol. The molecule has 0 aliphatic carbocycles. The van der Waals surface area contributed by atoms with E-state index < -0.39 is 7.82 Å². The first-order valence-corrected chi connectivity index (χ1v) is 7.61. The number of fused-ring (bicyclic) bond motifs is 1. The Bertz CT molecular complexity index is 659. The Labute approximate surface area is 125 Å². The number of aromatic nitrogens is 4. The molecule has 0 aliphatic heterocycles. The van der Waals surface area contributed by atoms with E-state index in [9.17, 15) is 4.57 Å². The Kier molecular flexibility index (Phi) is 6.02. The molecule has 0 bridgehead atoms. The van der Waals surface area contributed by atoms with Crippen LogP contribution in [0.2, 0.25) is 5.28 Å². The molecule has 0 amide bonds. The summed E-state index contributed by atoms with van der Waals surface area (Å²) in [6.45, 7) is 0.530. The molecule has 2 heterocycles. The van der Waals surface area contributed by atoms with Gasteiger partial charge in [-0.25, -0.2) is 9.55 Å². The summed E-state index contributed by atoms with van der Waals surface area (Å²) in [5, 5.41) is 0.0431. The molecule has 0 unspecified atom stereocenters. The average Bonchev–Trinajstić information content (AvgIpc) is 2.70. The van der Waals surface area contributed by atoms with Crippen LogP contribution in [0.5, 0.6) is 0 Å². The van der Waals surface area contributed by atoms with Crippen molar-refractivity contribution in [2.45, 2.75) is 19.4 Å². The monoisotopic (exact) mass is 338 g/mol.